The Morgan fingerprint density at radius 2 is 2.04 bits per heavy atom. The molecule has 2 unspecified atom stereocenters. The molecule has 2 atom stereocenters. The molecule has 1 aliphatic rings. The van der Waals surface area contributed by atoms with Crippen LogP contribution in [0.25, 0.3) is 0 Å². The Kier molecular flexibility index (Phi) is 6.44. The summed E-state index contributed by atoms with van der Waals surface area (Å²) in [6, 6.07) is 15.7. The summed E-state index contributed by atoms with van der Waals surface area (Å²) >= 11 is 0. The highest BCUT2D eigenvalue weighted by Crippen LogP contribution is 2.35. The molecule has 0 aliphatic heterocycles. The lowest BCUT2D eigenvalue weighted by Gasteiger charge is -2.19. The van der Waals surface area contributed by atoms with Gasteiger partial charge in [-0.15, -0.1) is 0 Å². The molecule has 3 rings (SSSR count). The van der Waals surface area contributed by atoms with Crippen LogP contribution >= 0.6 is 0 Å². The summed E-state index contributed by atoms with van der Waals surface area (Å²) in [6.07, 6.45) is -0.304. The van der Waals surface area contributed by atoms with Crippen LogP contribution < -0.4 is 5.73 Å². The van der Waals surface area contributed by atoms with Crippen LogP contribution in [0.4, 0.5) is 5.69 Å². The molecule has 0 fully saturated rings. The van der Waals surface area contributed by atoms with Crippen molar-refractivity contribution in [3.05, 3.63) is 65.2 Å². The van der Waals surface area contributed by atoms with Gasteiger partial charge in [0.25, 0.3) is 0 Å². The molecule has 2 aromatic carbocycles. The molecule has 148 valence electrons. The SMILES string of the molecule is CC(=Nc1ccc2c(c1)C(C(N)=O)C(O)C2)N(C)CCOCc1ccccc1. The van der Waals surface area contributed by atoms with E-state index in [9.17, 15) is 9.90 Å². The van der Waals surface area contributed by atoms with Crippen LogP contribution in [0.3, 0.4) is 0 Å². The number of carbonyl (C=O) groups excluding carboxylic acids is 1. The van der Waals surface area contributed by atoms with Crippen molar-refractivity contribution in [2.75, 3.05) is 20.2 Å². The van der Waals surface area contributed by atoms with Gasteiger partial charge in [0.15, 0.2) is 0 Å². The van der Waals surface area contributed by atoms with Gasteiger partial charge in [0, 0.05) is 13.6 Å². The first kappa shape index (κ1) is 20.0. The second-order valence-corrected chi connectivity index (χ2v) is 7.15. The standard InChI is InChI=1S/C22H27N3O3/c1-15(25(2)10-11-28-14-16-6-4-3-5-7-16)24-18-9-8-17-12-20(26)21(22(23)27)19(17)13-18/h3-9,13,20-21,26H,10-12,14H2,1-2H3,(H2,23,27). The summed E-state index contributed by atoms with van der Waals surface area (Å²) in [6.45, 7) is 3.84. The van der Waals surface area contributed by atoms with Crippen molar-refractivity contribution >= 4 is 17.4 Å². The zero-order valence-electron chi connectivity index (χ0n) is 16.3. The average molecular weight is 381 g/mol. The third-order valence-corrected chi connectivity index (χ3v) is 5.11. The van der Waals surface area contributed by atoms with E-state index in [1.54, 1.807) is 0 Å². The van der Waals surface area contributed by atoms with Crippen molar-refractivity contribution in [1.29, 1.82) is 0 Å². The van der Waals surface area contributed by atoms with Crippen molar-refractivity contribution < 1.29 is 14.6 Å². The molecule has 0 spiro atoms. The number of primary amides is 1. The second-order valence-electron chi connectivity index (χ2n) is 7.15. The van der Waals surface area contributed by atoms with E-state index in [2.05, 4.69) is 4.99 Å². The van der Waals surface area contributed by atoms with Gasteiger partial charge in [-0.1, -0.05) is 36.4 Å². The van der Waals surface area contributed by atoms with Crippen molar-refractivity contribution in [3.63, 3.8) is 0 Å². The van der Waals surface area contributed by atoms with E-state index >= 15 is 0 Å². The maximum atomic E-state index is 11.7. The Morgan fingerprint density at radius 1 is 1.29 bits per heavy atom. The van der Waals surface area contributed by atoms with Gasteiger partial charge in [0.2, 0.25) is 5.91 Å². The summed E-state index contributed by atoms with van der Waals surface area (Å²) in [7, 11) is 1.97. The zero-order chi connectivity index (χ0) is 20.1. The van der Waals surface area contributed by atoms with Crippen LogP contribution in [0.5, 0.6) is 0 Å². The fraction of sp³-hybridized carbons (Fsp3) is 0.364. The first-order chi connectivity index (χ1) is 13.5. The minimum Gasteiger partial charge on any atom is -0.392 e. The van der Waals surface area contributed by atoms with Gasteiger partial charge in [-0.2, -0.15) is 0 Å². The number of rotatable bonds is 7. The van der Waals surface area contributed by atoms with Gasteiger partial charge in [-0.25, -0.2) is 4.99 Å². The number of aliphatic hydroxyl groups excluding tert-OH is 1. The summed E-state index contributed by atoms with van der Waals surface area (Å²) in [5.74, 6) is -0.316. The predicted octanol–water partition coefficient (Wildman–Crippen LogP) is 2.37. The first-order valence-corrected chi connectivity index (χ1v) is 9.44. The van der Waals surface area contributed by atoms with Crippen LogP contribution in [0.1, 0.15) is 29.5 Å². The molecular formula is C22H27N3O3. The van der Waals surface area contributed by atoms with Crippen LogP contribution in [0.2, 0.25) is 0 Å². The van der Waals surface area contributed by atoms with Crippen LogP contribution in [-0.2, 0) is 22.6 Å². The first-order valence-electron chi connectivity index (χ1n) is 9.44. The minimum absolute atomic E-state index is 0.449. The lowest BCUT2D eigenvalue weighted by atomic mass is 9.99. The molecule has 6 nitrogen and oxygen atoms in total. The molecule has 1 amide bonds. The Balaban J connectivity index is 1.58. The van der Waals surface area contributed by atoms with E-state index in [1.165, 1.54) is 0 Å². The van der Waals surface area contributed by atoms with E-state index in [0.29, 0.717) is 19.6 Å². The van der Waals surface area contributed by atoms with Gasteiger partial charge < -0.3 is 20.5 Å². The largest absolute Gasteiger partial charge is 0.392 e. The maximum Gasteiger partial charge on any atom is 0.227 e. The van der Waals surface area contributed by atoms with Gasteiger partial charge in [0.05, 0.1) is 30.9 Å². The fourth-order valence-corrected chi connectivity index (χ4v) is 3.42. The number of hydrogen-bond donors (Lipinski definition) is 2. The Labute approximate surface area is 165 Å². The summed E-state index contributed by atoms with van der Waals surface area (Å²) < 4.78 is 5.73. The Hall–Kier alpha value is -2.70. The third-order valence-electron chi connectivity index (χ3n) is 5.11. The van der Waals surface area contributed by atoms with Crippen molar-refractivity contribution in [2.45, 2.75) is 32.0 Å². The monoisotopic (exact) mass is 381 g/mol. The van der Waals surface area contributed by atoms with E-state index in [0.717, 1.165) is 34.8 Å². The smallest absolute Gasteiger partial charge is 0.227 e. The molecule has 0 saturated carbocycles. The highest BCUT2D eigenvalue weighted by Gasteiger charge is 2.35. The number of amides is 1. The van der Waals surface area contributed by atoms with Crippen molar-refractivity contribution in [3.8, 4) is 0 Å². The predicted molar refractivity (Wildman–Crippen MR) is 110 cm³/mol. The number of nitrogens with two attached hydrogens (primary N) is 1. The lowest BCUT2D eigenvalue weighted by molar-refractivity contribution is -0.121. The molecule has 0 radical (unpaired) electrons. The molecule has 2 aromatic rings. The third kappa shape index (κ3) is 4.77. The second kappa shape index (κ2) is 8.99. The fourth-order valence-electron chi connectivity index (χ4n) is 3.42. The number of fused-ring (bicyclic) bond motifs is 1. The van der Waals surface area contributed by atoms with E-state index < -0.39 is 17.9 Å². The molecule has 0 heterocycles. The number of likely N-dealkylation sites (N-methyl/N-ethyl adjacent to an activating group) is 1. The van der Waals surface area contributed by atoms with E-state index in [-0.39, 0.29) is 0 Å². The van der Waals surface area contributed by atoms with E-state index in [1.807, 2.05) is 67.4 Å². The topological polar surface area (TPSA) is 88.1 Å². The quantitative estimate of drug-likeness (QED) is 0.438. The molecular weight excluding hydrogens is 354 g/mol. The molecule has 6 heteroatoms. The number of benzene rings is 2. The number of hydrogen-bond acceptors (Lipinski definition) is 4. The van der Waals surface area contributed by atoms with Crippen LogP contribution in [0.15, 0.2) is 53.5 Å². The average Bonchev–Trinajstić information content (AvgIpc) is 3.01. The van der Waals surface area contributed by atoms with Gasteiger partial charge in [0.1, 0.15) is 5.84 Å². The highest BCUT2D eigenvalue weighted by molar-refractivity contribution is 5.85. The lowest BCUT2D eigenvalue weighted by Crippen LogP contribution is -2.28. The number of aliphatic hydroxyl groups is 1. The van der Waals surface area contributed by atoms with Crippen molar-refractivity contribution in [2.24, 2.45) is 10.7 Å². The molecule has 1 aliphatic carbocycles. The highest BCUT2D eigenvalue weighted by atomic mass is 16.5. The Bertz CT molecular complexity index is 851. The zero-order valence-corrected chi connectivity index (χ0v) is 16.3. The molecule has 3 N–H and O–H groups in total. The minimum atomic E-state index is -0.753. The number of ether oxygens (including phenoxy) is 1. The van der Waals surface area contributed by atoms with Crippen molar-refractivity contribution in [1.82, 2.24) is 4.90 Å². The summed E-state index contributed by atoms with van der Waals surface area (Å²) in [5.41, 5.74) is 9.09. The van der Waals surface area contributed by atoms with Crippen LogP contribution in [-0.4, -0.2) is 48.1 Å². The number of carbonyl (C=O) groups is 1. The number of nitrogens with zero attached hydrogens (tertiary/aromatic N) is 2. The van der Waals surface area contributed by atoms with Crippen LogP contribution in [0, 0.1) is 0 Å². The van der Waals surface area contributed by atoms with Gasteiger partial charge in [-0.05, 0) is 42.2 Å². The number of aliphatic imine (C=N–C) groups is 1. The van der Waals surface area contributed by atoms with Gasteiger partial charge >= 0.3 is 0 Å². The number of amidine groups is 1. The maximum absolute atomic E-state index is 11.7. The molecule has 0 aromatic heterocycles. The molecule has 0 saturated heterocycles. The summed E-state index contributed by atoms with van der Waals surface area (Å²) in [4.78, 5) is 18.3. The Morgan fingerprint density at radius 3 is 2.75 bits per heavy atom. The molecule has 28 heavy (non-hydrogen) atoms. The normalized spacial score (nSPS) is 18.8. The van der Waals surface area contributed by atoms with E-state index in [4.69, 9.17) is 10.5 Å². The van der Waals surface area contributed by atoms with Gasteiger partial charge in [-0.3, -0.25) is 4.79 Å². The summed E-state index contributed by atoms with van der Waals surface area (Å²) in [5, 5.41) is 10.1. The molecule has 0 bridgehead atoms.